The maximum absolute atomic E-state index is 2.69. The first-order valence-electron chi connectivity index (χ1n) is 4.67. The largest absolute Gasteiger partial charge is 0.300 e. The van der Waals surface area contributed by atoms with Crippen LogP contribution < -0.4 is 0 Å². The van der Waals surface area contributed by atoms with Crippen molar-refractivity contribution in [3.05, 3.63) is 0 Å². The van der Waals surface area contributed by atoms with E-state index in [4.69, 9.17) is 0 Å². The molecule has 0 unspecified atom stereocenters. The number of hydrogen-bond acceptors (Lipinski definition) is 1. The van der Waals surface area contributed by atoms with E-state index in [1.165, 1.54) is 25.9 Å². The van der Waals surface area contributed by atoms with E-state index < -0.39 is 0 Å². The average molecular weight is 137 g/mol. The van der Waals surface area contributed by atoms with Gasteiger partial charge < -0.3 is 0 Å². The molecular formula is C9H15N. The van der Waals surface area contributed by atoms with Gasteiger partial charge in [-0.25, -0.2) is 0 Å². The molecule has 0 bridgehead atoms. The molecule has 0 aromatic carbocycles. The lowest BCUT2D eigenvalue weighted by Crippen LogP contribution is -2.57. The van der Waals surface area contributed by atoms with E-state index in [-0.39, 0.29) is 0 Å². The fraction of sp³-hybridized carbons (Fsp3) is 1.00. The van der Waals surface area contributed by atoms with Crippen molar-refractivity contribution in [2.45, 2.75) is 31.7 Å². The van der Waals surface area contributed by atoms with Crippen LogP contribution in [0, 0.1) is 11.8 Å². The Morgan fingerprint density at radius 3 is 2.40 bits per heavy atom. The molecule has 3 rings (SSSR count). The van der Waals surface area contributed by atoms with Crippen molar-refractivity contribution in [2.75, 3.05) is 13.1 Å². The van der Waals surface area contributed by atoms with E-state index in [2.05, 4.69) is 4.90 Å². The SMILES string of the molecule is C1C[C@@H]2CN3CC[C@@H]3C[C@@H]12. The second kappa shape index (κ2) is 1.76. The molecular weight excluding hydrogens is 122 g/mol. The maximum Gasteiger partial charge on any atom is 0.0110 e. The highest BCUT2D eigenvalue weighted by molar-refractivity contribution is 4.97. The molecule has 0 N–H and O–H groups in total. The van der Waals surface area contributed by atoms with Gasteiger partial charge in [-0.05, 0) is 44.1 Å². The predicted octanol–water partition coefficient (Wildman–Crippen LogP) is 1.49. The molecule has 0 amide bonds. The Morgan fingerprint density at radius 2 is 1.90 bits per heavy atom. The number of piperidine rings is 1. The smallest absolute Gasteiger partial charge is 0.0110 e. The van der Waals surface area contributed by atoms with Crippen molar-refractivity contribution in [3.8, 4) is 0 Å². The molecule has 0 spiro atoms. The topological polar surface area (TPSA) is 3.24 Å². The normalized spacial score (nSPS) is 52.2. The highest BCUT2D eigenvalue weighted by atomic mass is 15.2. The average Bonchev–Trinajstić information content (AvgIpc) is 1.82. The zero-order valence-corrected chi connectivity index (χ0v) is 6.42. The van der Waals surface area contributed by atoms with E-state index in [1.54, 1.807) is 12.8 Å². The Labute approximate surface area is 62.4 Å². The number of fused-ring (bicyclic) bond motifs is 2. The van der Waals surface area contributed by atoms with Gasteiger partial charge in [0.1, 0.15) is 0 Å². The van der Waals surface area contributed by atoms with Crippen molar-refractivity contribution >= 4 is 0 Å². The lowest BCUT2D eigenvalue weighted by molar-refractivity contribution is -0.0471. The summed E-state index contributed by atoms with van der Waals surface area (Å²) >= 11 is 0. The Bertz CT molecular complexity index is 121. The van der Waals surface area contributed by atoms with Crippen molar-refractivity contribution in [3.63, 3.8) is 0 Å². The van der Waals surface area contributed by atoms with Gasteiger partial charge in [-0.3, -0.25) is 4.90 Å². The maximum atomic E-state index is 2.69. The molecule has 1 aliphatic carbocycles. The Kier molecular flexibility index (Phi) is 0.984. The molecule has 0 aromatic rings. The number of nitrogens with zero attached hydrogens (tertiary/aromatic N) is 1. The third kappa shape index (κ3) is 0.572. The zero-order valence-electron chi connectivity index (χ0n) is 6.42. The molecule has 2 heterocycles. The molecule has 1 nitrogen and oxygen atoms in total. The standard InChI is InChI=1S/C9H15N/c1-2-8-6-10-4-3-9(10)5-7(1)8/h7-9H,1-6H2/t7-,8-,9-/m1/s1. The monoisotopic (exact) mass is 137 g/mol. The third-order valence-electron chi connectivity index (χ3n) is 3.88. The summed E-state index contributed by atoms with van der Waals surface area (Å²) in [5.74, 6) is 2.28. The second-order valence-electron chi connectivity index (χ2n) is 4.27. The zero-order chi connectivity index (χ0) is 6.55. The van der Waals surface area contributed by atoms with Crippen LogP contribution in [-0.4, -0.2) is 24.0 Å². The van der Waals surface area contributed by atoms with Crippen molar-refractivity contribution in [1.29, 1.82) is 0 Å². The van der Waals surface area contributed by atoms with Gasteiger partial charge >= 0.3 is 0 Å². The first-order chi connectivity index (χ1) is 4.93. The summed E-state index contributed by atoms with van der Waals surface area (Å²) in [6, 6.07) is 1.03. The van der Waals surface area contributed by atoms with Crippen LogP contribution in [0.3, 0.4) is 0 Å². The van der Waals surface area contributed by atoms with Crippen LogP contribution in [0.15, 0.2) is 0 Å². The van der Waals surface area contributed by atoms with Gasteiger partial charge in [0.15, 0.2) is 0 Å². The lowest BCUT2D eigenvalue weighted by atomic mass is 9.65. The summed E-state index contributed by atoms with van der Waals surface area (Å²) in [4.78, 5) is 2.69. The van der Waals surface area contributed by atoms with Crippen LogP contribution in [0.5, 0.6) is 0 Å². The summed E-state index contributed by atoms with van der Waals surface area (Å²) in [5.41, 5.74) is 0. The van der Waals surface area contributed by atoms with Gasteiger partial charge in [-0.2, -0.15) is 0 Å². The summed E-state index contributed by atoms with van der Waals surface area (Å²) in [5, 5.41) is 0. The molecule has 10 heavy (non-hydrogen) atoms. The van der Waals surface area contributed by atoms with Crippen molar-refractivity contribution in [2.24, 2.45) is 11.8 Å². The van der Waals surface area contributed by atoms with E-state index in [0.29, 0.717) is 0 Å². The molecule has 0 radical (unpaired) electrons. The van der Waals surface area contributed by atoms with Gasteiger partial charge in [0.2, 0.25) is 0 Å². The van der Waals surface area contributed by atoms with Crippen LogP contribution in [0.2, 0.25) is 0 Å². The predicted molar refractivity (Wildman–Crippen MR) is 40.8 cm³/mol. The minimum absolute atomic E-state index is 1.03. The molecule has 2 aliphatic heterocycles. The van der Waals surface area contributed by atoms with Crippen LogP contribution in [0.1, 0.15) is 25.7 Å². The minimum Gasteiger partial charge on any atom is -0.300 e. The van der Waals surface area contributed by atoms with Crippen LogP contribution in [0.4, 0.5) is 0 Å². The van der Waals surface area contributed by atoms with Gasteiger partial charge in [0.25, 0.3) is 0 Å². The van der Waals surface area contributed by atoms with Crippen LogP contribution in [-0.2, 0) is 0 Å². The quantitative estimate of drug-likeness (QED) is 0.489. The Balaban J connectivity index is 1.74. The molecule has 2 saturated heterocycles. The van der Waals surface area contributed by atoms with Crippen molar-refractivity contribution in [1.82, 2.24) is 4.90 Å². The first kappa shape index (κ1) is 5.59. The molecule has 56 valence electrons. The number of hydrogen-bond donors (Lipinski definition) is 0. The Morgan fingerprint density at radius 1 is 1.00 bits per heavy atom. The van der Waals surface area contributed by atoms with Gasteiger partial charge in [-0.15, -0.1) is 0 Å². The summed E-state index contributed by atoms with van der Waals surface area (Å²) < 4.78 is 0. The van der Waals surface area contributed by atoms with E-state index in [9.17, 15) is 0 Å². The van der Waals surface area contributed by atoms with Gasteiger partial charge in [0, 0.05) is 12.6 Å². The highest BCUT2D eigenvalue weighted by Gasteiger charge is 2.43. The lowest BCUT2D eigenvalue weighted by Gasteiger charge is -2.54. The van der Waals surface area contributed by atoms with Crippen molar-refractivity contribution < 1.29 is 0 Å². The van der Waals surface area contributed by atoms with Gasteiger partial charge in [0.05, 0.1) is 0 Å². The molecule has 3 aliphatic rings. The summed E-state index contributed by atoms with van der Waals surface area (Å²) in [6.45, 7) is 2.86. The van der Waals surface area contributed by atoms with E-state index in [1.807, 2.05) is 0 Å². The molecule has 0 aromatic heterocycles. The number of rotatable bonds is 0. The van der Waals surface area contributed by atoms with E-state index >= 15 is 0 Å². The van der Waals surface area contributed by atoms with Gasteiger partial charge in [-0.1, -0.05) is 0 Å². The minimum atomic E-state index is 1.03. The summed E-state index contributed by atoms with van der Waals surface area (Å²) in [7, 11) is 0. The molecule has 1 saturated carbocycles. The highest BCUT2D eigenvalue weighted by Crippen LogP contribution is 2.45. The van der Waals surface area contributed by atoms with Crippen LogP contribution >= 0.6 is 0 Å². The second-order valence-corrected chi connectivity index (χ2v) is 4.27. The molecule has 3 atom stereocenters. The van der Waals surface area contributed by atoms with Crippen LogP contribution in [0.25, 0.3) is 0 Å². The molecule has 1 heteroatoms. The summed E-state index contributed by atoms with van der Waals surface area (Å²) in [6.07, 6.45) is 6.14. The molecule has 3 fully saturated rings. The fourth-order valence-corrected chi connectivity index (χ4v) is 2.84. The fourth-order valence-electron chi connectivity index (χ4n) is 2.84. The Hall–Kier alpha value is -0.0400. The third-order valence-corrected chi connectivity index (χ3v) is 3.88. The first-order valence-corrected chi connectivity index (χ1v) is 4.67. The van der Waals surface area contributed by atoms with E-state index in [0.717, 1.165) is 17.9 Å².